The first-order chi connectivity index (χ1) is 8.24. The largest absolute Gasteiger partial charge is 0.314 e. The first-order valence-electron chi connectivity index (χ1n) is 6.42. The SMILES string of the molecule is Fc1ccc(C2CCC2CNC2CC2)c(F)c1. The molecule has 0 aliphatic heterocycles. The maximum atomic E-state index is 13.6. The lowest BCUT2D eigenvalue weighted by atomic mass is 9.70. The molecule has 0 heterocycles. The van der Waals surface area contributed by atoms with E-state index < -0.39 is 5.82 Å². The van der Waals surface area contributed by atoms with Gasteiger partial charge in [0.05, 0.1) is 0 Å². The Morgan fingerprint density at radius 1 is 1.12 bits per heavy atom. The molecule has 1 aromatic rings. The van der Waals surface area contributed by atoms with Gasteiger partial charge in [0, 0.05) is 12.1 Å². The lowest BCUT2D eigenvalue weighted by molar-refractivity contribution is 0.239. The summed E-state index contributed by atoms with van der Waals surface area (Å²) >= 11 is 0. The van der Waals surface area contributed by atoms with E-state index in [1.807, 2.05) is 0 Å². The molecule has 3 heteroatoms. The molecule has 1 N–H and O–H groups in total. The van der Waals surface area contributed by atoms with E-state index in [0.717, 1.165) is 25.5 Å². The van der Waals surface area contributed by atoms with E-state index in [1.54, 1.807) is 6.07 Å². The topological polar surface area (TPSA) is 12.0 Å². The van der Waals surface area contributed by atoms with Crippen LogP contribution in [-0.2, 0) is 0 Å². The van der Waals surface area contributed by atoms with Crippen LogP contribution in [0.15, 0.2) is 18.2 Å². The molecule has 0 spiro atoms. The molecule has 2 aliphatic carbocycles. The van der Waals surface area contributed by atoms with Crippen LogP contribution in [0.3, 0.4) is 0 Å². The van der Waals surface area contributed by atoms with Crippen molar-refractivity contribution in [3.63, 3.8) is 0 Å². The molecule has 2 atom stereocenters. The van der Waals surface area contributed by atoms with Gasteiger partial charge >= 0.3 is 0 Å². The minimum absolute atomic E-state index is 0.279. The molecule has 0 saturated heterocycles. The molecule has 2 fully saturated rings. The highest BCUT2D eigenvalue weighted by molar-refractivity contribution is 5.25. The second kappa shape index (κ2) is 4.37. The van der Waals surface area contributed by atoms with Crippen molar-refractivity contribution in [1.82, 2.24) is 5.32 Å². The molecular formula is C14H17F2N. The Morgan fingerprint density at radius 3 is 2.53 bits per heavy atom. The van der Waals surface area contributed by atoms with Crippen molar-refractivity contribution < 1.29 is 8.78 Å². The van der Waals surface area contributed by atoms with Crippen molar-refractivity contribution in [3.8, 4) is 0 Å². The highest BCUT2D eigenvalue weighted by Crippen LogP contribution is 2.43. The average Bonchev–Trinajstić information content (AvgIpc) is 3.04. The highest BCUT2D eigenvalue weighted by Gasteiger charge is 2.34. The summed E-state index contributed by atoms with van der Waals surface area (Å²) in [5.41, 5.74) is 0.695. The molecule has 2 unspecified atom stereocenters. The Labute approximate surface area is 100 Å². The monoisotopic (exact) mass is 237 g/mol. The summed E-state index contributed by atoms with van der Waals surface area (Å²) in [6.07, 6.45) is 4.74. The molecule has 1 aromatic carbocycles. The summed E-state index contributed by atoms with van der Waals surface area (Å²) in [5.74, 6) is -0.0678. The number of rotatable bonds is 4. The van der Waals surface area contributed by atoms with Gasteiger partial charge in [-0.1, -0.05) is 6.07 Å². The van der Waals surface area contributed by atoms with Gasteiger partial charge < -0.3 is 5.32 Å². The summed E-state index contributed by atoms with van der Waals surface area (Å²) in [7, 11) is 0. The average molecular weight is 237 g/mol. The minimum Gasteiger partial charge on any atom is -0.314 e. The second-order valence-electron chi connectivity index (χ2n) is 5.29. The number of halogens is 2. The van der Waals surface area contributed by atoms with Gasteiger partial charge in [-0.3, -0.25) is 0 Å². The molecular weight excluding hydrogens is 220 g/mol. The molecule has 2 aliphatic rings. The van der Waals surface area contributed by atoms with Crippen LogP contribution in [0.5, 0.6) is 0 Å². The summed E-state index contributed by atoms with van der Waals surface area (Å²) in [6.45, 7) is 0.978. The standard InChI is InChI=1S/C14H17F2N/c15-10-2-6-13(14(16)7-10)12-5-1-9(12)8-17-11-3-4-11/h2,6-7,9,11-12,17H,1,3-5,8H2. The van der Waals surface area contributed by atoms with Crippen molar-refractivity contribution >= 4 is 0 Å². The summed E-state index contributed by atoms with van der Waals surface area (Å²) in [5, 5.41) is 3.49. The Kier molecular flexibility index (Phi) is 2.87. The van der Waals surface area contributed by atoms with E-state index in [0.29, 0.717) is 17.5 Å². The van der Waals surface area contributed by atoms with E-state index in [2.05, 4.69) is 5.32 Å². The van der Waals surface area contributed by atoms with E-state index in [-0.39, 0.29) is 11.7 Å². The number of hydrogen-bond acceptors (Lipinski definition) is 1. The van der Waals surface area contributed by atoms with Gasteiger partial charge in [0.15, 0.2) is 0 Å². The van der Waals surface area contributed by atoms with Crippen LogP contribution in [0.25, 0.3) is 0 Å². The van der Waals surface area contributed by atoms with Gasteiger partial charge in [-0.05, 0) is 55.7 Å². The third-order valence-electron chi connectivity index (χ3n) is 4.03. The molecule has 0 bridgehead atoms. The molecule has 92 valence electrons. The number of hydrogen-bond donors (Lipinski definition) is 1. The van der Waals surface area contributed by atoms with Crippen molar-refractivity contribution in [1.29, 1.82) is 0 Å². The first-order valence-corrected chi connectivity index (χ1v) is 6.42. The Morgan fingerprint density at radius 2 is 1.94 bits per heavy atom. The lowest BCUT2D eigenvalue weighted by Crippen LogP contribution is -2.35. The Hall–Kier alpha value is -0.960. The number of nitrogens with one attached hydrogen (secondary N) is 1. The lowest BCUT2D eigenvalue weighted by Gasteiger charge is -2.37. The van der Waals surface area contributed by atoms with E-state index >= 15 is 0 Å². The van der Waals surface area contributed by atoms with Crippen molar-refractivity contribution in [2.75, 3.05) is 6.54 Å². The zero-order valence-electron chi connectivity index (χ0n) is 9.76. The van der Waals surface area contributed by atoms with Gasteiger partial charge in [0.25, 0.3) is 0 Å². The van der Waals surface area contributed by atoms with E-state index in [9.17, 15) is 8.78 Å². The second-order valence-corrected chi connectivity index (χ2v) is 5.29. The minimum atomic E-state index is -0.488. The zero-order chi connectivity index (χ0) is 11.8. The fraction of sp³-hybridized carbons (Fsp3) is 0.571. The predicted molar refractivity (Wildman–Crippen MR) is 62.8 cm³/mol. The van der Waals surface area contributed by atoms with Crippen LogP contribution in [-0.4, -0.2) is 12.6 Å². The third-order valence-corrected chi connectivity index (χ3v) is 4.03. The quantitative estimate of drug-likeness (QED) is 0.848. The summed E-state index contributed by atoms with van der Waals surface area (Å²) in [4.78, 5) is 0. The first kappa shape index (κ1) is 11.1. The van der Waals surface area contributed by atoms with Crippen LogP contribution < -0.4 is 5.32 Å². The van der Waals surface area contributed by atoms with Crippen LogP contribution in [0.2, 0.25) is 0 Å². The molecule has 1 nitrogen and oxygen atoms in total. The van der Waals surface area contributed by atoms with Crippen molar-refractivity contribution in [2.24, 2.45) is 5.92 Å². The normalized spacial score (nSPS) is 27.9. The molecule has 17 heavy (non-hydrogen) atoms. The van der Waals surface area contributed by atoms with Gasteiger partial charge in [0.2, 0.25) is 0 Å². The Bertz CT molecular complexity index is 415. The molecule has 0 radical (unpaired) electrons. The summed E-state index contributed by atoms with van der Waals surface area (Å²) in [6, 6.07) is 4.68. The van der Waals surface area contributed by atoms with E-state index in [4.69, 9.17) is 0 Å². The van der Waals surface area contributed by atoms with Crippen molar-refractivity contribution in [2.45, 2.75) is 37.6 Å². The van der Waals surface area contributed by atoms with Gasteiger partial charge in [-0.25, -0.2) is 8.78 Å². The molecule has 2 saturated carbocycles. The fourth-order valence-electron chi connectivity index (χ4n) is 2.63. The van der Waals surface area contributed by atoms with Crippen molar-refractivity contribution in [3.05, 3.63) is 35.4 Å². The molecule has 0 aromatic heterocycles. The van der Waals surface area contributed by atoms with Crippen LogP contribution in [0.1, 0.15) is 37.2 Å². The van der Waals surface area contributed by atoms with Gasteiger partial charge in [0.1, 0.15) is 11.6 Å². The van der Waals surface area contributed by atoms with Gasteiger partial charge in [-0.2, -0.15) is 0 Å². The maximum absolute atomic E-state index is 13.6. The Balaban J connectivity index is 1.66. The number of benzene rings is 1. The molecule has 0 amide bonds. The van der Waals surface area contributed by atoms with Crippen LogP contribution in [0.4, 0.5) is 8.78 Å². The van der Waals surface area contributed by atoms with Crippen LogP contribution >= 0.6 is 0 Å². The van der Waals surface area contributed by atoms with Gasteiger partial charge in [-0.15, -0.1) is 0 Å². The van der Waals surface area contributed by atoms with Crippen LogP contribution in [0, 0.1) is 17.6 Å². The molecule has 3 rings (SSSR count). The predicted octanol–water partition coefficient (Wildman–Crippen LogP) is 3.21. The van der Waals surface area contributed by atoms with E-state index in [1.165, 1.54) is 18.9 Å². The third kappa shape index (κ3) is 2.34. The fourth-order valence-corrected chi connectivity index (χ4v) is 2.63. The smallest absolute Gasteiger partial charge is 0.129 e. The summed E-state index contributed by atoms with van der Waals surface area (Å²) < 4.78 is 26.5. The zero-order valence-corrected chi connectivity index (χ0v) is 9.76. The maximum Gasteiger partial charge on any atom is 0.129 e. The highest BCUT2D eigenvalue weighted by atomic mass is 19.1.